The molecule has 20 heavy (non-hydrogen) atoms. The molecule has 0 fully saturated rings. The van der Waals surface area contributed by atoms with Crippen LogP contribution in [0.15, 0.2) is 23.7 Å². The molecule has 0 saturated carbocycles. The molecule has 1 atom stereocenters. The molecule has 1 aromatic heterocycles. The third kappa shape index (κ3) is 3.75. The summed E-state index contributed by atoms with van der Waals surface area (Å²) < 4.78 is 5.91. The zero-order chi connectivity index (χ0) is 14.6. The molecular formula is C14H18N2O3S. The summed E-state index contributed by atoms with van der Waals surface area (Å²) >= 11 is 1.50. The number of aromatic nitrogens is 1. The van der Waals surface area contributed by atoms with Gasteiger partial charge in [-0.25, -0.2) is 4.98 Å². The standard InChI is InChI=1S/C14H18N2O3S/c1-14(18,5-6-19-2)8-15-13(17)10-3-4-11-12(7-10)20-9-16-11/h3-4,7,9,18H,5-6,8H2,1-2H3,(H,15,17). The number of hydrogen-bond acceptors (Lipinski definition) is 5. The van der Waals surface area contributed by atoms with E-state index in [0.29, 0.717) is 18.6 Å². The Morgan fingerprint density at radius 2 is 2.35 bits per heavy atom. The highest BCUT2D eigenvalue weighted by molar-refractivity contribution is 7.16. The van der Waals surface area contributed by atoms with Gasteiger partial charge in [0, 0.05) is 32.2 Å². The van der Waals surface area contributed by atoms with Crippen LogP contribution in [0, 0.1) is 0 Å². The second kappa shape index (κ2) is 6.30. The van der Waals surface area contributed by atoms with Crippen molar-refractivity contribution in [2.75, 3.05) is 20.3 Å². The first kappa shape index (κ1) is 14.9. The maximum Gasteiger partial charge on any atom is 0.251 e. The lowest BCUT2D eigenvalue weighted by atomic mass is 10.0. The normalized spacial score (nSPS) is 14.2. The zero-order valence-corrected chi connectivity index (χ0v) is 12.4. The molecule has 5 nitrogen and oxygen atoms in total. The lowest BCUT2D eigenvalue weighted by molar-refractivity contribution is 0.0243. The van der Waals surface area contributed by atoms with Gasteiger partial charge in [0.05, 0.1) is 21.3 Å². The summed E-state index contributed by atoms with van der Waals surface area (Å²) in [5, 5.41) is 12.8. The van der Waals surface area contributed by atoms with Crippen molar-refractivity contribution in [3.8, 4) is 0 Å². The van der Waals surface area contributed by atoms with Gasteiger partial charge in [-0.1, -0.05) is 0 Å². The van der Waals surface area contributed by atoms with Gasteiger partial charge >= 0.3 is 0 Å². The van der Waals surface area contributed by atoms with E-state index in [4.69, 9.17) is 4.74 Å². The monoisotopic (exact) mass is 294 g/mol. The second-order valence-corrected chi connectivity index (χ2v) is 5.84. The molecule has 0 aliphatic heterocycles. The number of rotatable bonds is 6. The first-order chi connectivity index (χ1) is 9.52. The molecule has 0 aliphatic rings. The average Bonchev–Trinajstić information content (AvgIpc) is 2.90. The Bertz CT molecular complexity index is 595. The van der Waals surface area contributed by atoms with Gasteiger partial charge in [0.1, 0.15) is 0 Å². The van der Waals surface area contributed by atoms with Crippen molar-refractivity contribution in [1.82, 2.24) is 10.3 Å². The summed E-state index contributed by atoms with van der Waals surface area (Å²) in [7, 11) is 1.58. The fourth-order valence-corrected chi connectivity index (χ4v) is 2.50. The number of methoxy groups -OCH3 is 1. The minimum Gasteiger partial charge on any atom is -0.388 e. The Hall–Kier alpha value is -1.50. The summed E-state index contributed by atoms with van der Waals surface area (Å²) in [4.78, 5) is 16.2. The van der Waals surface area contributed by atoms with Crippen LogP contribution < -0.4 is 5.32 Å². The van der Waals surface area contributed by atoms with E-state index in [9.17, 15) is 9.90 Å². The highest BCUT2D eigenvalue weighted by Crippen LogP contribution is 2.19. The first-order valence-electron chi connectivity index (χ1n) is 6.34. The van der Waals surface area contributed by atoms with Crippen LogP contribution in [0.5, 0.6) is 0 Å². The number of aliphatic hydroxyl groups is 1. The number of carbonyl (C=O) groups is 1. The van der Waals surface area contributed by atoms with E-state index in [1.807, 2.05) is 12.1 Å². The van der Waals surface area contributed by atoms with Gasteiger partial charge in [0.15, 0.2) is 0 Å². The summed E-state index contributed by atoms with van der Waals surface area (Å²) in [5.74, 6) is -0.196. The topological polar surface area (TPSA) is 71.5 Å². The van der Waals surface area contributed by atoms with Crippen molar-refractivity contribution < 1.29 is 14.6 Å². The van der Waals surface area contributed by atoms with Crippen LogP contribution in [0.2, 0.25) is 0 Å². The largest absolute Gasteiger partial charge is 0.388 e. The summed E-state index contributed by atoms with van der Waals surface area (Å²) in [6.07, 6.45) is 0.470. The minimum atomic E-state index is -0.972. The smallest absolute Gasteiger partial charge is 0.251 e. The predicted octanol–water partition coefficient (Wildman–Crippen LogP) is 1.81. The second-order valence-electron chi connectivity index (χ2n) is 4.96. The third-order valence-corrected chi connectivity index (χ3v) is 3.86. The minimum absolute atomic E-state index is 0.190. The lowest BCUT2D eigenvalue weighted by Crippen LogP contribution is -2.41. The third-order valence-electron chi connectivity index (χ3n) is 3.07. The number of fused-ring (bicyclic) bond motifs is 1. The Morgan fingerprint density at radius 1 is 1.55 bits per heavy atom. The number of ether oxygens (including phenoxy) is 1. The van der Waals surface area contributed by atoms with Gasteiger partial charge in [-0.05, 0) is 25.1 Å². The van der Waals surface area contributed by atoms with E-state index in [0.717, 1.165) is 10.2 Å². The van der Waals surface area contributed by atoms with Crippen LogP contribution in [-0.2, 0) is 4.74 Å². The molecule has 2 aromatic rings. The molecule has 6 heteroatoms. The van der Waals surface area contributed by atoms with Crippen LogP contribution in [0.1, 0.15) is 23.7 Å². The number of amides is 1. The summed E-state index contributed by atoms with van der Waals surface area (Å²) in [6.45, 7) is 2.32. The molecule has 1 heterocycles. The van der Waals surface area contributed by atoms with E-state index in [2.05, 4.69) is 10.3 Å². The SMILES string of the molecule is COCCC(C)(O)CNC(=O)c1ccc2ncsc2c1. The van der Waals surface area contributed by atoms with Crippen LogP contribution in [0.4, 0.5) is 0 Å². The van der Waals surface area contributed by atoms with E-state index in [-0.39, 0.29) is 12.5 Å². The highest BCUT2D eigenvalue weighted by Gasteiger charge is 2.21. The Kier molecular flexibility index (Phi) is 4.69. The Morgan fingerprint density at radius 3 is 3.10 bits per heavy atom. The summed E-state index contributed by atoms with van der Waals surface area (Å²) in [5.41, 5.74) is 2.24. The molecule has 108 valence electrons. The molecule has 0 spiro atoms. The molecule has 1 unspecified atom stereocenters. The molecule has 2 N–H and O–H groups in total. The number of nitrogens with one attached hydrogen (secondary N) is 1. The number of benzene rings is 1. The Balaban J connectivity index is 1.97. The highest BCUT2D eigenvalue weighted by atomic mass is 32.1. The molecule has 0 aliphatic carbocycles. The van der Waals surface area contributed by atoms with Gasteiger partial charge in [0.25, 0.3) is 5.91 Å². The van der Waals surface area contributed by atoms with E-state index in [1.54, 1.807) is 25.6 Å². The Labute approximate surface area is 121 Å². The lowest BCUT2D eigenvalue weighted by Gasteiger charge is -2.23. The van der Waals surface area contributed by atoms with Gasteiger partial charge in [-0.3, -0.25) is 4.79 Å². The van der Waals surface area contributed by atoms with Gasteiger partial charge in [0.2, 0.25) is 0 Å². The number of thiazole rings is 1. The van der Waals surface area contributed by atoms with Crippen molar-refractivity contribution in [1.29, 1.82) is 0 Å². The molecule has 1 amide bonds. The number of carbonyl (C=O) groups excluding carboxylic acids is 1. The summed E-state index contributed by atoms with van der Waals surface area (Å²) in [6, 6.07) is 5.37. The first-order valence-corrected chi connectivity index (χ1v) is 7.22. The molecule has 0 radical (unpaired) electrons. The molecule has 2 rings (SSSR count). The fraction of sp³-hybridized carbons (Fsp3) is 0.429. The maximum absolute atomic E-state index is 12.1. The number of nitrogens with zero attached hydrogens (tertiary/aromatic N) is 1. The molecule has 0 saturated heterocycles. The molecule has 1 aromatic carbocycles. The van der Waals surface area contributed by atoms with E-state index >= 15 is 0 Å². The zero-order valence-electron chi connectivity index (χ0n) is 11.5. The van der Waals surface area contributed by atoms with Crippen molar-refractivity contribution in [2.45, 2.75) is 18.9 Å². The quantitative estimate of drug-likeness (QED) is 0.852. The van der Waals surface area contributed by atoms with Crippen LogP contribution in [0.25, 0.3) is 10.2 Å². The fourth-order valence-electron chi connectivity index (χ4n) is 1.78. The van der Waals surface area contributed by atoms with Crippen LogP contribution >= 0.6 is 11.3 Å². The van der Waals surface area contributed by atoms with Crippen molar-refractivity contribution in [3.05, 3.63) is 29.3 Å². The van der Waals surface area contributed by atoms with Crippen molar-refractivity contribution >= 4 is 27.5 Å². The van der Waals surface area contributed by atoms with Gasteiger partial charge in [-0.15, -0.1) is 11.3 Å². The predicted molar refractivity (Wildman–Crippen MR) is 79.1 cm³/mol. The van der Waals surface area contributed by atoms with Crippen LogP contribution in [0.3, 0.4) is 0 Å². The average molecular weight is 294 g/mol. The maximum atomic E-state index is 12.1. The molecular weight excluding hydrogens is 276 g/mol. The van der Waals surface area contributed by atoms with Crippen LogP contribution in [-0.4, -0.2) is 41.9 Å². The van der Waals surface area contributed by atoms with Gasteiger partial charge in [-0.2, -0.15) is 0 Å². The van der Waals surface area contributed by atoms with Gasteiger partial charge < -0.3 is 15.2 Å². The van der Waals surface area contributed by atoms with Crippen molar-refractivity contribution in [2.24, 2.45) is 0 Å². The number of hydrogen-bond donors (Lipinski definition) is 2. The molecule has 0 bridgehead atoms. The van der Waals surface area contributed by atoms with Crippen molar-refractivity contribution in [3.63, 3.8) is 0 Å². The van der Waals surface area contributed by atoms with E-state index in [1.165, 1.54) is 11.3 Å². The van der Waals surface area contributed by atoms with E-state index < -0.39 is 5.60 Å².